The van der Waals surface area contributed by atoms with E-state index in [1.54, 1.807) is 12.1 Å². The van der Waals surface area contributed by atoms with Crippen LogP contribution in [0.1, 0.15) is 39.0 Å². The lowest BCUT2D eigenvalue weighted by atomic mass is 9.94. The van der Waals surface area contributed by atoms with Crippen LogP contribution in [-0.4, -0.2) is 78.4 Å². The van der Waals surface area contributed by atoms with Gasteiger partial charge in [-0.3, -0.25) is 19.4 Å². The third kappa shape index (κ3) is 5.93. The summed E-state index contributed by atoms with van der Waals surface area (Å²) >= 11 is 6.11. The lowest BCUT2D eigenvalue weighted by molar-refractivity contribution is -0.138. The fraction of sp³-hybridized carbons (Fsp3) is 0.636. The van der Waals surface area contributed by atoms with Crippen LogP contribution in [0.15, 0.2) is 24.3 Å². The Morgan fingerprint density at radius 3 is 2.45 bits per heavy atom. The molecule has 0 bridgehead atoms. The summed E-state index contributed by atoms with van der Waals surface area (Å²) in [6.45, 7) is 5.50. The van der Waals surface area contributed by atoms with E-state index in [9.17, 15) is 9.59 Å². The standard InChI is InChI=1S/C22H33ClN4O2/c1-17(22(29)25(2)18-8-4-3-5-9-18)27-14-12-26(13-15-27)16-21(28)24-20-11-7-6-10-19(20)23/h6-7,10-11,17-18H,3-5,8-9,12-16H2,1-2H3,(H,24,28)/t17-/m0/s1. The van der Waals surface area contributed by atoms with Gasteiger partial charge in [0.25, 0.3) is 0 Å². The van der Waals surface area contributed by atoms with Crippen LogP contribution in [0.25, 0.3) is 0 Å². The molecular weight excluding hydrogens is 388 g/mol. The molecule has 1 saturated carbocycles. The largest absolute Gasteiger partial charge is 0.341 e. The number of nitrogens with zero attached hydrogens (tertiary/aromatic N) is 3. The van der Waals surface area contributed by atoms with Crippen molar-refractivity contribution in [3.05, 3.63) is 29.3 Å². The van der Waals surface area contributed by atoms with Gasteiger partial charge in [-0.25, -0.2) is 0 Å². The Balaban J connectivity index is 1.44. The second-order valence-corrected chi connectivity index (χ2v) is 8.66. The van der Waals surface area contributed by atoms with Crippen LogP contribution in [0.3, 0.4) is 0 Å². The van der Waals surface area contributed by atoms with E-state index in [0.717, 1.165) is 39.0 Å². The molecule has 1 aromatic carbocycles. The molecule has 2 amide bonds. The van der Waals surface area contributed by atoms with Crippen molar-refractivity contribution in [1.29, 1.82) is 0 Å². The van der Waals surface area contributed by atoms with E-state index in [-0.39, 0.29) is 17.9 Å². The molecule has 0 radical (unpaired) electrons. The van der Waals surface area contributed by atoms with Crippen molar-refractivity contribution in [3.63, 3.8) is 0 Å². The first-order valence-corrected chi connectivity index (χ1v) is 11.1. The number of carbonyl (C=O) groups is 2. The van der Waals surface area contributed by atoms with Crippen LogP contribution < -0.4 is 5.32 Å². The first-order chi connectivity index (χ1) is 14.0. The van der Waals surface area contributed by atoms with Crippen molar-refractivity contribution in [1.82, 2.24) is 14.7 Å². The molecule has 29 heavy (non-hydrogen) atoms. The zero-order valence-electron chi connectivity index (χ0n) is 17.6. The summed E-state index contributed by atoms with van der Waals surface area (Å²) in [5.41, 5.74) is 0.641. The molecule has 160 valence electrons. The minimum atomic E-state index is -0.110. The summed E-state index contributed by atoms with van der Waals surface area (Å²) < 4.78 is 0. The summed E-state index contributed by atoms with van der Waals surface area (Å²) in [6, 6.07) is 7.54. The number of piperazine rings is 1. The molecule has 1 heterocycles. The van der Waals surface area contributed by atoms with E-state index >= 15 is 0 Å². The molecule has 3 rings (SSSR count). The zero-order chi connectivity index (χ0) is 20.8. The zero-order valence-corrected chi connectivity index (χ0v) is 18.3. The number of halogens is 1. The third-order valence-corrected chi connectivity index (χ3v) is 6.63. The average Bonchev–Trinajstić information content (AvgIpc) is 2.75. The minimum Gasteiger partial charge on any atom is -0.341 e. The van der Waals surface area contributed by atoms with Crippen molar-refractivity contribution >= 4 is 29.1 Å². The van der Waals surface area contributed by atoms with Gasteiger partial charge in [0.05, 0.1) is 23.3 Å². The molecule has 0 spiro atoms. The Morgan fingerprint density at radius 1 is 1.14 bits per heavy atom. The number of nitrogens with one attached hydrogen (secondary N) is 1. The lowest BCUT2D eigenvalue weighted by Gasteiger charge is -2.40. The molecule has 1 aliphatic carbocycles. The van der Waals surface area contributed by atoms with Gasteiger partial charge in [0, 0.05) is 39.3 Å². The van der Waals surface area contributed by atoms with Crippen LogP contribution in [0.5, 0.6) is 0 Å². The number of carbonyl (C=O) groups excluding carboxylic acids is 2. The van der Waals surface area contributed by atoms with Crippen molar-refractivity contribution in [2.45, 2.75) is 51.1 Å². The van der Waals surface area contributed by atoms with Crippen molar-refractivity contribution in [2.75, 3.05) is 45.1 Å². The van der Waals surface area contributed by atoms with Crippen LogP contribution >= 0.6 is 11.6 Å². The number of para-hydroxylation sites is 1. The molecule has 0 aromatic heterocycles. The molecule has 1 aromatic rings. The highest BCUT2D eigenvalue weighted by Gasteiger charge is 2.31. The maximum absolute atomic E-state index is 12.9. The molecule has 6 nitrogen and oxygen atoms in total. The van der Waals surface area contributed by atoms with Crippen LogP contribution in [0, 0.1) is 0 Å². The van der Waals surface area contributed by atoms with Gasteiger partial charge in [-0.1, -0.05) is 43.0 Å². The molecule has 0 unspecified atom stereocenters. The predicted molar refractivity (Wildman–Crippen MR) is 117 cm³/mol. The van der Waals surface area contributed by atoms with Gasteiger partial charge < -0.3 is 10.2 Å². The highest BCUT2D eigenvalue weighted by atomic mass is 35.5. The number of likely N-dealkylation sites (N-methyl/N-ethyl adjacent to an activating group) is 1. The second-order valence-electron chi connectivity index (χ2n) is 8.26. The number of benzene rings is 1. The van der Waals surface area contributed by atoms with Gasteiger partial charge in [-0.15, -0.1) is 0 Å². The van der Waals surface area contributed by atoms with E-state index in [0.29, 0.717) is 23.3 Å². The predicted octanol–water partition coefficient (Wildman–Crippen LogP) is 3.08. The topological polar surface area (TPSA) is 55.9 Å². The van der Waals surface area contributed by atoms with Gasteiger partial charge in [0.15, 0.2) is 0 Å². The molecule has 2 fully saturated rings. The van der Waals surface area contributed by atoms with Crippen LogP contribution in [-0.2, 0) is 9.59 Å². The Hall–Kier alpha value is -1.63. The van der Waals surface area contributed by atoms with Gasteiger partial charge in [-0.2, -0.15) is 0 Å². The first kappa shape index (κ1) is 22.1. The maximum Gasteiger partial charge on any atom is 0.239 e. The van der Waals surface area contributed by atoms with E-state index < -0.39 is 0 Å². The Bertz CT molecular complexity index is 700. The van der Waals surface area contributed by atoms with Gasteiger partial charge in [0.1, 0.15) is 0 Å². The van der Waals surface area contributed by atoms with Crippen molar-refractivity contribution in [2.24, 2.45) is 0 Å². The van der Waals surface area contributed by atoms with Crippen molar-refractivity contribution < 1.29 is 9.59 Å². The smallest absolute Gasteiger partial charge is 0.239 e. The molecule has 1 aliphatic heterocycles. The summed E-state index contributed by atoms with van der Waals surface area (Å²) in [5.74, 6) is 0.162. The summed E-state index contributed by atoms with van der Waals surface area (Å²) in [4.78, 5) is 31.6. The number of hydrogen-bond acceptors (Lipinski definition) is 4. The van der Waals surface area contributed by atoms with Crippen LogP contribution in [0.2, 0.25) is 5.02 Å². The third-order valence-electron chi connectivity index (χ3n) is 6.30. The number of hydrogen-bond donors (Lipinski definition) is 1. The second kappa shape index (κ2) is 10.4. The monoisotopic (exact) mass is 420 g/mol. The normalized spacial score (nSPS) is 20.2. The molecule has 1 N–H and O–H groups in total. The molecule has 2 aliphatic rings. The van der Waals surface area contributed by atoms with E-state index in [4.69, 9.17) is 11.6 Å². The van der Waals surface area contributed by atoms with Crippen molar-refractivity contribution in [3.8, 4) is 0 Å². The van der Waals surface area contributed by atoms with E-state index in [1.807, 2.05) is 31.0 Å². The van der Waals surface area contributed by atoms with Crippen LogP contribution in [0.4, 0.5) is 5.69 Å². The lowest BCUT2D eigenvalue weighted by Crippen LogP contribution is -2.56. The van der Waals surface area contributed by atoms with E-state index in [2.05, 4.69) is 15.1 Å². The Kier molecular flexibility index (Phi) is 7.92. The summed E-state index contributed by atoms with van der Waals surface area (Å²) in [7, 11) is 1.96. The Morgan fingerprint density at radius 2 is 1.79 bits per heavy atom. The van der Waals surface area contributed by atoms with E-state index in [1.165, 1.54) is 19.3 Å². The number of amides is 2. The number of rotatable bonds is 6. The van der Waals surface area contributed by atoms with Gasteiger partial charge >= 0.3 is 0 Å². The minimum absolute atomic E-state index is 0.0623. The maximum atomic E-state index is 12.9. The fourth-order valence-electron chi connectivity index (χ4n) is 4.36. The molecule has 1 saturated heterocycles. The summed E-state index contributed by atoms with van der Waals surface area (Å²) in [5, 5.41) is 3.42. The molecule has 1 atom stereocenters. The average molecular weight is 421 g/mol. The highest BCUT2D eigenvalue weighted by Crippen LogP contribution is 2.23. The quantitative estimate of drug-likeness (QED) is 0.768. The first-order valence-electron chi connectivity index (χ1n) is 10.7. The highest BCUT2D eigenvalue weighted by molar-refractivity contribution is 6.33. The number of anilines is 1. The molecular formula is C22H33ClN4O2. The molecule has 7 heteroatoms. The van der Waals surface area contributed by atoms with Gasteiger partial charge in [0.2, 0.25) is 11.8 Å². The fourth-order valence-corrected chi connectivity index (χ4v) is 4.55. The SMILES string of the molecule is C[C@@H](C(=O)N(C)C1CCCCC1)N1CCN(CC(=O)Nc2ccccc2Cl)CC1. The Labute approximate surface area is 179 Å². The summed E-state index contributed by atoms with van der Waals surface area (Å²) in [6.07, 6.45) is 6.00. The van der Waals surface area contributed by atoms with Gasteiger partial charge in [-0.05, 0) is 31.9 Å².